The topological polar surface area (TPSA) is 85.5 Å². The van der Waals surface area contributed by atoms with Gasteiger partial charge in [-0.3, -0.25) is 0 Å². The van der Waals surface area contributed by atoms with Gasteiger partial charge in [-0.25, -0.2) is 9.78 Å². The van der Waals surface area contributed by atoms with Gasteiger partial charge in [0, 0.05) is 11.6 Å². The van der Waals surface area contributed by atoms with Crippen LogP contribution in [0, 0.1) is 0 Å². The fraction of sp³-hybridized carbons (Fsp3) is 0. The Labute approximate surface area is 127 Å². The minimum Gasteiger partial charge on any atom is -0.477 e. The number of aromatic nitrogens is 2. The predicted molar refractivity (Wildman–Crippen MR) is 80.7 cm³/mol. The fourth-order valence-electron chi connectivity index (χ4n) is 2.17. The molecule has 0 spiro atoms. The van der Waals surface area contributed by atoms with Gasteiger partial charge in [0.1, 0.15) is 5.58 Å². The first-order valence-electron chi connectivity index (χ1n) is 6.36. The molecule has 0 fully saturated rings. The number of fused-ring (bicyclic) bond motifs is 2. The standard InChI is InChI=1S/C15H8N2O4S/c18-13(19)11-8-4-1-2-5-9(8)20-14(11)21-15-17-12-10(22-15)6-3-7-16-12/h1-7H,(H,18,19). The highest BCUT2D eigenvalue weighted by atomic mass is 32.1. The van der Waals surface area contributed by atoms with E-state index in [1.165, 1.54) is 11.3 Å². The number of nitrogens with zero attached hydrogens (tertiary/aromatic N) is 2. The van der Waals surface area contributed by atoms with Crippen LogP contribution in [0.5, 0.6) is 11.1 Å². The van der Waals surface area contributed by atoms with Crippen molar-refractivity contribution in [3.63, 3.8) is 0 Å². The summed E-state index contributed by atoms with van der Waals surface area (Å²) in [5.41, 5.74) is 0.993. The van der Waals surface area contributed by atoms with Crippen LogP contribution in [0.2, 0.25) is 0 Å². The maximum Gasteiger partial charge on any atom is 0.343 e. The number of benzene rings is 1. The molecule has 0 saturated carbocycles. The summed E-state index contributed by atoms with van der Waals surface area (Å²) in [6.07, 6.45) is 1.63. The van der Waals surface area contributed by atoms with E-state index >= 15 is 0 Å². The van der Waals surface area contributed by atoms with Gasteiger partial charge in [-0.1, -0.05) is 29.5 Å². The van der Waals surface area contributed by atoms with Crippen LogP contribution in [-0.4, -0.2) is 21.0 Å². The smallest absolute Gasteiger partial charge is 0.343 e. The Morgan fingerprint density at radius 1 is 1.23 bits per heavy atom. The molecule has 1 N–H and O–H groups in total. The second-order valence-corrected chi connectivity index (χ2v) is 5.47. The van der Waals surface area contributed by atoms with E-state index in [4.69, 9.17) is 9.15 Å². The van der Waals surface area contributed by atoms with E-state index in [2.05, 4.69) is 9.97 Å². The van der Waals surface area contributed by atoms with E-state index in [1.54, 1.807) is 36.5 Å². The normalized spacial score (nSPS) is 11.1. The van der Waals surface area contributed by atoms with Crippen LogP contribution in [-0.2, 0) is 0 Å². The number of hydrogen-bond acceptors (Lipinski definition) is 6. The van der Waals surface area contributed by atoms with Gasteiger partial charge in [0.2, 0.25) is 0 Å². The molecule has 0 saturated heterocycles. The van der Waals surface area contributed by atoms with E-state index in [0.29, 0.717) is 16.6 Å². The average Bonchev–Trinajstić information content (AvgIpc) is 3.06. The Morgan fingerprint density at radius 2 is 2.09 bits per heavy atom. The van der Waals surface area contributed by atoms with Crippen LogP contribution in [0.15, 0.2) is 47.0 Å². The van der Waals surface area contributed by atoms with Gasteiger partial charge in [-0.05, 0) is 18.2 Å². The molecule has 3 aromatic heterocycles. The highest BCUT2D eigenvalue weighted by Gasteiger charge is 2.23. The molecule has 0 aliphatic rings. The lowest BCUT2D eigenvalue weighted by Crippen LogP contribution is -1.97. The average molecular weight is 312 g/mol. The number of para-hydroxylation sites is 1. The van der Waals surface area contributed by atoms with E-state index in [9.17, 15) is 9.90 Å². The van der Waals surface area contributed by atoms with E-state index < -0.39 is 5.97 Å². The molecule has 3 heterocycles. The molecule has 22 heavy (non-hydrogen) atoms. The first kappa shape index (κ1) is 12.8. The SMILES string of the molecule is O=C(O)c1c(Oc2nc3ncccc3s2)oc2ccccc12. The van der Waals surface area contributed by atoms with Gasteiger partial charge < -0.3 is 14.3 Å². The Morgan fingerprint density at radius 3 is 2.91 bits per heavy atom. The number of aromatic carboxylic acids is 1. The number of rotatable bonds is 3. The number of carboxylic acid groups (broad SMARTS) is 1. The monoisotopic (exact) mass is 312 g/mol. The molecular weight excluding hydrogens is 304 g/mol. The molecule has 6 nitrogen and oxygen atoms in total. The number of hydrogen-bond donors (Lipinski definition) is 1. The Kier molecular flexibility index (Phi) is 2.80. The van der Waals surface area contributed by atoms with E-state index in [0.717, 1.165) is 4.70 Å². The summed E-state index contributed by atoms with van der Waals surface area (Å²) in [7, 11) is 0. The summed E-state index contributed by atoms with van der Waals surface area (Å²) >= 11 is 1.27. The molecule has 0 bridgehead atoms. The summed E-state index contributed by atoms with van der Waals surface area (Å²) in [5.74, 6) is -1.19. The van der Waals surface area contributed by atoms with Crippen molar-refractivity contribution in [3.05, 3.63) is 48.2 Å². The first-order chi connectivity index (χ1) is 10.7. The fourth-order valence-corrected chi connectivity index (χ4v) is 2.94. The number of thiazole rings is 1. The minimum atomic E-state index is -1.11. The first-order valence-corrected chi connectivity index (χ1v) is 7.18. The van der Waals surface area contributed by atoms with Crippen molar-refractivity contribution in [3.8, 4) is 11.1 Å². The lowest BCUT2D eigenvalue weighted by molar-refractivity contribution is 0.0694. The lowest BCUT2D eigenvalue weighted by Gasteiger charge is -1.97. The number of carbonyl (C=O) groups is 1. The number of carboxylic acids is 1. The number of pyridine rings is 1. The molecule has 1 aromatic carbocycles. The number of ether oxygens (including phenoxy) is 1. The van der Waals surface area contributed by atoms with Gasteiger partial charge in [0.05, 0.1) is 4.70 Å². The van der Waals surface area contributed by atoms with Gasteiger partial charge in [0.15, 0.2) is 11.2 Å². The molecule has 0 radical (unpaired) electrons. The summed E-state index contributed by atoms with van der Waals surface area (Å²) in [5, 5.41) is 10.2. The largest absolute Gasteiger partial charge is 0.477 e. The van der Waals surface area contributed by atoms with Crippen LogP contribution in [0.3, 0.4) is 0 Å². The minimum absolute atomic E-state index is 0.0113. The zero-order valence-corrected chi connectivity index (χ0v) is 11.8. The van der Waals surface area contributed by atoms with Crippen molar-refractivity contribution in [2.75, 3.05) is 0 Å². The van der Waals surface area contributed by atoms with Crippen LogP contribution < -0.4 is 4.74 Å². The highest BCUT2D eigenvalue weighted by molar-refractivity contribution is 7.20. The van der Waals surface area contributed by atoms with Crippen molar-refractivity contribution in [1.29, 1.82) is 0 Å². The van der Waals surface area contributed by atoms with Crippen molar-refractivity contribution in [1.82, 2.24) is 9.97 Å². The maximum absolute atomic E-state index is 11.5. The second-order valence-electron chi connectivity index (χ2n) is 4.47. The molecule has 108 valence electrons. The Hall–Kier alpha value is -2.93. The quantitative estimate of drug-likeness (QED) is 0.617. The third kappa shape index (κ3) is 1.99. The Bertz CT molecular complexity index is 972. The molecule has 0 unspecified atom stereocenters. The van der Waals surface area contributed by atoms with Crippen molar-refractivity contribution in [2.24, 2.45) is 0 Å². The summed E-state index contributed by atoms with van der Waals surface area (Å²) in [6.45, 7) is 0. The molecule has 0 amide bonds. The zero-order chi connectivity index (χ0) is 15.1. The molecule has 4 rings (SSSR count). The predicted octanol–water partition coefficient (Wildman–Crippen LogP) is 3.93. The van der Waals surface area contributed by atoms with Crippen molar-refractivity contribution < 1.29 is 19.1 Å². The summed E-state index contributed by atoms with van der Waals surface area (Å²) in [6, 6.07) is 10.5. The highest BCUT2D eigenvalue weighted by Crippen LogP contribution is 2.37. The molecular formula is C15H8N2O4S. The Balaban J connectivity index is 1.83. The van der Waals surface area contributed by atoms with Gasteiger partial charge in [-0.15, -0.1) is 0 Å². The molecule has 7 heteroatoms. The molecule has 4 aromatic rings. The zero-order valence-electron chi connectivity index (χ0n) is 11.0. The maximum atomic E-state index is 11.5. The molecule has 0 aliphatic heterocycles. The van der Waals surface area contributed by atoms with Crippen molar-refractivity contribution in [2.45, 2.75) is 0 Å². The summed E-state index contributed by atoms with van der Waals surface area (Å²) in [4.78, 5) is 19.8. The number of furan rings is 1. The van der Waals surface area contributed by atoms with Crippen LogP contribution in [0.25, 0.3) is 21.3 Å². The van der Waals surface area contributed by atoms with Crippen LogP contribution in [0.4, 0.5) is 0 Å². The van der Waals surface area contributed by atoms with E-state index in [1.807, 2.05) is 6.07 Å². The lowest BCUT2D eigenvalue weighted by atomic mass is 10.2. The van der Waals surface area contributed by atoms with Gasteiger partial charge >= 0.3 is 11.9 Å². The third-order valence-corrected chi connectivity index (χ3v) is 3.99. The van der Waals surface area contributed by atoms with E-state index in [-0.39, 0.29) is 16.7 Å². The van der Waals surface area contributed by atoms with Crippen LogP contribution in [0.1, 0.15) is 10.4 Å². The van der Waals surface area contributed by atoms with Gasteiger partial charge in [0.25, 0.3) is 5.19 Å². The van der Waals surface area contributed by atoms with Gasteiger partial charge in [-0.2, -0.15) is 4.98 Å². The second kappa shape index (κ2) is 4.81. The molecule has 0 atom stereocenters. The van der Waals surface area contributed by atoms with Crippen LogP contribution >= 0.6 is 11.3 Å². The van der Waals surface area contributed by atoms with Crippen molar-refractivity contribution >= 4 is 38.6 Å². The third-order valence-electron chi connectivity index (χ3n) is 3.10. The molecule has 0 aliphatic carbocycles. The summed E-state index contributed by atoms with van der Waals surface area (Å²) < 4.78 is 11.9.